The molecule has 2 heterocycles. The Bertz CT molecular complexity index is 956. The Morgan fingerprint density at radius 1 is 1.04 bits per heavy atom. The van der Waals surface area contributed by atoms with Gasteiger partial charge in [0.2, 0.25) is 17.7 Å². The van der Waals surface area contributed by atoms with Gasteiger partial charge < -0.3 is 5.32 Å². The van der Waals surface area contributed by atoms with Gasteiger partial charge in [0.1, 0.15) is 6.54 Å². The highest BCUT2D eigenvalue weighted by Gasteiger charge is 2.59. The molecule has 26 heavy (non-hydrogen) atoms. The summed E-state index contributed by atoms with van der Waals surface area (Å²) in [6.45, 7) is -0.247. The van der Waals surface area contributed by atoms with Crippen LogP contribution in [0.1, 0.15) is 6.42 Å². The summed E-state index contributed by atoms with van der Waals surface area (Å²) in [6, 6.07) is 5.20. The van der Waals surface area contributed by atoms with Gasteiger partial charge in [0.25, 0.3) is 0 Å². The molecule has 1 saturated carbocycles. The molecule has 0 spiro atoms. The lowest BCUT2D eigenvalue weighted by molar-refractivity contribution is -0.143. The Kier molecular flexibility index (Phi) is 3.19. The molecule has 2 fully saturated rings. The molecule has 4 atom stereocenters. The Morgan fingerprint density at radius 2 is 1.69 bits per heavy atom. The standard InChI is InChI=1S/C19H16N4O3/c24-15(22-12-3-4-13-14(8-12)21-6-5-20-13)9-23-18(25)16-10-1-2-11(7-10)17(16)19(23)26/h1-6,8,10-11,16-17H,7,9H2,(H,22,24). The summed E-state index contributed by atoms with van der Waals surface area (Å²) in [7, 11) is 0. The lowest BCUT2D eigenvalue weighted by Gasteiger charge is -2.16. The molecule has 2 aromatic rings. The SMILES string of the molecule is O=C(CN1C(=O)C2C3C=CC(C3)C2C1=O)Nc1ccc2nccnc2c1. The minimum atomic E-state index is -0.393. The number of aromatic nitrogens is 2. The number of nitrogens with zero attached hydrogens (tertiary/aromatic N) is 3. The summed E-state index contributed by atoms with van der Waals surface area (Å²) in [5.41, 5.74) is 1.95. The smallest absolute Gasteiger partial charge is 0.244 e. The summed E-state index contributed by atoms with van der Waals surface area (Å²) in [4.78, 5) is 47.1. The van der Waals surface area contributed by atoms with Gasteiger partial charge in [-0.3, -0.25) is 29.3 Å². The van der Waals surface area contributed by atoms with E-state index in [2.05, 4.69) is 15.3 Å². The number of hydrogen-bond acceptors (Lipinski definition) is 5. The quantitative estimate of drug-likeness (QED) is 0.668. The third kappa shape index (κ3) is 2.16. The van der Waals surface area contributed by atoms with Crippen molar-refractivity contribution >= 4 is 34.4 Å². The molecule has 5 rings (SSSR count). The van der Waals surface area contributed by atoms with E-state index < -0.39 is 5.91 Å². The summed E-state index contributed by atoms with van der Waals surface area (Å²) < 4.78 is 0. The topological polar surface area (TPSA) is 92.3 Å². The molecule has 1 saturated heterocycles. The van der Waals surface area contributed by atoms with Crippen LogP contribution in [0.4, 0.5) is 5.69 Å². The number of allylic oxidation sites excluding steroid dienone is 2. The predicted molar refractivity (Wildman–Crippen MR) is 92.6 cm³/mol. The van der Waals surface area contributed by atoms with Gasteiger partial charge in [0.05, 0.1) is 22.9 Å². The fourth-order valence-corrected chi connectivity index (χ4v) is 4.51. The number of nitrogens with one attached hydrogen (secondary N) is 1. The number of hydrogen-bond donors (Lipinski definition) is 1. The number of anilines is 1. The number of imide groups is 1. The fourth-order valence-electron chi connectivity index (χ4n) is 4.51. The van der Waals surface area contributed by atoms with E-state index in [9.17, 15) is 14.4 Å². The molecule has 3 amide bonds. The van der Waals surface area contributed by atoms with Gasteiger partial charge in [-0.05, 0) is 36.5 Å². The van der Waals surface area contributed by atoms with Crippen LogP contribution in [0, 0.1) is 23.7 Å². The van der Waals surface area contributed by atoms with E-state index in [1.807, 2.05) is 12.2 Å². The van der Waals surface area contributed by atoms with Crippen molar-refractivity contribution in [1.82, 2.24) is 14.9 Å². The van der Waals surface area contributed by atoms with Gasteiger partial charge >= 0.3 is 0 Å². The molecule has 7 heteroatoms. The van der Waals surface area contributed by atoms with Crippen LogP contribution in [0.3, 0.4) is 0 Å². The van der Waals surface area contributed by atoms with Gasteiger partial charge in [-0.15, -0.1) is 0 Å². The first-order valence-electron chi connectivity index (χ1n) is 8.66. The number of likely N-dealkylation sites (tertiary alicyclic amines) is 1. The fraction of sp³-hybridized carbons (Fsp3) is 0.316. The largest absolute Gasteiger partial charge is 0.324 e. The molecule has 3 aliphatic rings. The molecule has 1 N–H and O–H groups in total. The highest BCUT2D eigenvalue weighted by molar-refractivity contribution is 6.09. The molecule has 7 nitrogen and oxygen atoms in total. The maximum atomic E-state index is 12.6. The molecular weight excluding hydrogens is 332 g/mol. The summed E-state index contributed by atoms with van der Waals surface area (Å²) in [5, 5.41) is 2.74. The predicted octanol–water partition coefficient (Wildman–Crippen LogP) is 1.38. The van der Waals surface area contributed by atoms with Crippen molar-refractivity contribution in [3.8, 4) is 0 Å². The zero-order chi connectivity index (χ0) is 17.8. The van der Waals surface area contributed by atoms with Crippen molar-refractivity contribution in [3.05, 3.63) is 42.7 Å². The second kappa shape index (κ2) is 5.45. The zero-order valence-electron chi connectivity index (χ0n) is 13.8. The number of rotatable bonds is 3. The average molecular weight is 348 g/mol. The minimum absolute atomic E-state index is 0.147. The molecule has 1 aromatic carbocycles. The number of benzene rings is 1. The van der Waals surface area contributed by atoms with E-state index in [1.54, 1.807) is 30.6 Å². The second-order valence-corrected chi connectivity index (χ2v) is 7.07. The third-order valence-corrected chi connectivity index (χ3v) is 5.62. The van der Waals surface area contributed by atoms with Crippen molar-refractivity contribution in [2.24, 2.45) is 23.7 Å². The van der Waals surface area contributed by atoms with Crippen LogP contribution >= 0.6 is 0 Å². The van der Waals surface area contributed by atoms with Crippen LogP contribution < -0.4 is 5.32 Å². The molecule has 1 aromatic heterocycles. The van der Waals surface area contributed by atoms with E-state index in [1.165, 1.54) is 0 Å². The molecule has 130 valence electrons. The first-order chi connectivity index (χ1) is 12.6. The molecule has 2 bridgehead atoms. The van der Waals surface area contributed by atoms with E-state index >= 15 is 0 Å². The van der Waals surface area contributed by atoms with Crippen molar-refractivity contribution < 1.29 is 14.4 Å². The average Bonchev–Trinajstić information content (AvgIpc) is 3.32. The molecular formula is C19H16N4O3. The van der Waals surface area contributed by atoms with Gasteiger partial charge in [-0.2, -0.15) is 0 Å². The Morgan fingerprint density at radius 3 is 2.38 bits per heavy atom. The van der Waals surface area contributed by atoms with Gasteiger partial charge in [-0.1, -0.05) is 12.2 Å². The van der Waals surface area contributed by atoms with Crippen LogP contribution in [0.15, 0.2) is 42.7 Å². The summed E-state index contributed by atoms with van der Waals surface area (Å²) >= 11 is 0. The lowest BCUT2D eigenvalue weighted by atomic mass is 9.85. The van der Waals surface area contributed by atoms with Gasteiger partial charge in [-0.25, -0.2) is 0 Å². The third-order valence-electron chi connectivity index (χ3n) is 5.62. The van der Waals surface area contributed by atoms with Gasteiger partial charge in [0, 0.05) is 18.1 Å². The lowest BCUT2D eigenvalue weighted by Crippen LogP contribution is -2.39. The summed E-state index contributed by atoms with van der Waals surface area (Å²) in [5.74, 6) is -1.08. The van der Waals surface area contributed by atoms with E-state index in [0.29, 0.717) is 11.2 Å². The Labute approximate surface area is 149 Å². The molecule has 4 unspecified atom stereocenters. The van der Waals surface area contributed by atoms with Crippen LogP contribution in [0.25, 0.3) is 11.0 Å². The summed E-state index contributed by atoms with van der Waals surface area (Å²) in [6.07, 6.45) is 8.14. The maximum Gasteiger partial charge on any atom is 0.244 e. The second-order valence-electron chi connectivity index (χ2n) is 7.07. The molecule has 0 radical (unpaired) electrons. The maximum absolute atomic E-state index is 12.6. The highest BCUT2D eigenvalue weighted by atomic mass is 16.2. The Hall–Kier alpha value is -3.09. The van der Waals surface area contributed by atoms with E-state index in [0.717, 1.165) is 16.8 Å². The van der Waals surface area contributed by atoms with Gasteiger partial charge in [0.15, 0.2) is 0 Å². The van der Waals surface area contributed by atoms with E-state index in [-0.39, 0.29) is 42.0 Å². The van der Waals surface area contributed by atoms with Crippen molar-refractivity contribution in [2.75, 3.05) is 11.9 Å². The number of amides is 3. The minimum Gasteiger partial charge on any atom is -0.324 e. The normalized spacial score (nSPS) is 28.8. The van der Waals surface area contributed by atoms with Crippen LogP contribution in [-0.4, -0.2) is 39.1 Å². The molecule has 2 aliphatic carbocycles. The highest BCUT2D eigenvalue weighted by Crippen LogP contribution is 2.52. The van der Waals surface area contributed by atoms with Crippen molar-refractivity contribution in [1.29, 1.82) is 0 Å². The monoisotopic (exact) mass is 348 g/mol. The number of carbonyl (C=O) groups is 3. The first kappa shape index (κ1) is 15.2. The number of fused-ring (bicyclic) bond motifs is 6. The molecule has 1 aliphatic heterocycles. The van der Waals surface area contributed by atoms with Crippen molar-refractivity contribution in [2.45, 2.75) is 6.42 Å². The van der Waals surface area contributed by atoms with Crippen LogP contribution in [0.2, 0.25) is 0 Å². The number of carbonyl (C=O) groups excluding carboxylic acids is 3. The zero-order valence-corrected chi connectivity index (χ0v) is 13.8. The van der Waals surface area contributed by atoms with Crippen LogP contribution in [0.5, 0.6) is 0 Å². The first-order valence-corrected chi connectivity index (χ1v) is 8.66. The van der Waals surface area contributed by atoms with Crippen LogP contribution in [-0.2, 0) is 14.4 Å². The van der Waals surface area contributed by atoms with E-state index in [4.69, 9.17) is 0 Å². The van der Waals surface area contributed by atoms with Crippen molar-refractivity contribution in [3.63, 3.8) is 0 Å². The Balaban J connectivity index is 1.31.